The van der Waals surface area contributed by atoms with Gasteiger partial charge in [-0.15, -0.1) is 0 Å². The highest BCUT2D eigenvalue weighted by Crippen LogP contribution is 2.18. The van der Waals surface area contributed by atoms with Crippen molar-refractivity contribution >= 4 is 23.5 Å². The Morgan fingerprint density at radius 1 is 1.47 bits per heavy atom. The molecule has 0 radical (unpaired) electrons. The molecule has 0 heterocycles. The molecule has 1 amide bonds. The Bertz CT molecular complexity index is 464. The second-order valence-corrected chi connectivity index (χ2v) is 4.56. The molecule has 1 aromatic rings. The van der Waals surface area contributed by atoms with Gasteiger partial charge in [0.1, 0.15) is 5.75 Å². The summed E-state index contributed by atoms with van der Waals surface area (Å²) in [5.74, 6) is -0.718. The number of aliphatic carboxylic acids is 1. The van der Waals surface area contributed by atoms with Crippen LogP contribution in [0.5, 0.6) is 5.75 Å². The van der Waals surface area contributed by atoms with Crippen LogP contribution in [0.4, 0.5) is 0 Å². The average molecular weight is 286 g/mol. The van der Waals surface area contributed by atoms with E-state index in [1.165, 1.54) is 4.90 Å². The summed E-state index contributed by atoms with van der Waals surface area (Å²) in [4.78, 5) is 23.7. The third-order valence-corrected chi connectivity index (χ3v) is 2.73. The lowest BCUT2D eigenvalue weighted by molar-refractivity contribution is -0.140. The molecule has 0 saturated heterocycles. The predicted molar refractivity (Wildman–Crippen MR) is 71.4 cm³/mol. The molecule has 19 heavy (non-hydrogen) atoms. The van der Waals surface area contributed by atoms with Crippen LogP contribution >= 0.6 is 11.6 Å². The molecule has 6 heteroatoms. The molecule has 1 unspecified atom stereocenters. The maximum Gasteiger partial charge on any atom is 0.305 e. The summed E-state index contributed by atoms with van der Waals surface area (Å²) in [7, 11) is 1.54. The molecule has 1 atom stereocenters. The van der Waals surface area contributed by atoms with Crippen molar-refractivity contribution in [1.29, 1.82) is 0 Å². The topological polar surface area (TPSA) is 66.8 Å². The molecular formula is C13H16ClNO4. The monoisotopic (exact) mass is 285 g/mol. The Kier molecular flexibility index (Phi) is 5.63. The number of ether oxygens (including phenoxy) is 1. The highest BCUT2D eigenvalue weighted by Gasteiger charge is 2.19. The van der Waals surface area contributed by atoms with E-state index in [0.717, 1.165) is 0 Å². The van der Waals surface area contributed by atoms with Crippen molar-refractivity contribution in [2.45, 2.75) is 19.4 Å². The van der Waals surface area contributed by atoms with Crippen molar-refractivity contribution in [2.24, 2.45) is 0 Å². The van der Waals surface area contributed by atoms with Crippen LogP contribution < -0.4 is 4.74 Å². The molecule has 5 nitrogen and oxygen atoms in total. The van der Waals surface area contributed by atoms with Crippen molar-refractivity contribution in [3.05, 3.63) is 29.3 Å². The molecule has 0 saturated carbocycles. The van der Waals surface area contributed by atoms with Crippen molar-refractivity contribution < 1.29 is 19.4 Å². The molecule has 0 spiro atoms. The highest BCUT2D eigenvalue weighted by atomic mass is 35.5. The Balaban J connectivity index is 2.54. The minimum Gasteiger partial charge on any atom is -0.481 e. The smallest absolute Gasteiger partial charge is 0.305 e. The van der Waals surface area contributed by atoms with E-state index in [2.05, 4.69) is 0 Å². The number of hydrogen-bond donors (Lipinski definition) is 1. The van der Waals surface area contributed by atoms with Crippen molar-refractivity contribution in [1.82, 2.24) is 4.90 Å². The van der Waals surface area contributed by atoms with Crippen LogP contribution in [0.2, 0.25) is 5.02 Å². The number of amides is 1. The van der Waals surface area contributed by atoms with Crippen LogP contribution in [0, 0.1) is 0 Å². The molecule has 1 aromatic carbocycles. The number of carbonyl (C=O) groups is 2. The zero-order chi connectivity index (χ0) is 14.4. The Morgan fingerprint density at radius 2 is 2.16 bits per heavy atom. The number of carboxylic acids is 1. The molecular weight excluding hydrogens is 270 g/mol. The molecule has 0 aliphatic heterocycles. The number of likely N-dealkylation sites (N-methyl/N-ethyl adjacent to an activating group) is 1. The Labute approximate surface area is 116 Å². The van der Waals surface area contributed by atoms with Gasteiger partial charge >= 0.3 is 5.97 Å². The summed E-state index contributed by atoms with van der Waals surface area (Å²) >= 11 is 5.81. The lowest BCUT2D eigenvalue weighted by atomic mass is 10.3. The molecule has 104 valence electrons. The normalized spacial score (nSPS) is 11.7. The van der Waals surface area contributed by atoms with Crippen molar-refractivity contribution in [3.63, 3.8) is 0 Å². The van der Waals surface area contributed by atoms with E-state index in [4.69, 9.17) is 21.4 Å². The van der Waals surface area contributed by atoms with Gasteiger partial charge in [-0.1, -0.05) is 17.7 Å². The van der Waals surface area contributed by atoms with E-state index < -0.39 is 12.1 Å². The van der Waals surface area contributed by atoms with Gasteiger partial charge in [0, 0.05) is 18.6 Å². The SMILES string of the molecule is CC(Oc1cccc(Cl)c1)C(=O)N(C)CCC(=O)O. The standard InChI is InChI=1S/C13H16ClNO4/c1-9(13(18)15(2)7-6-12(16)17)19-11-5-3-4-10(14)8-11/h3-5,8-9H,6-7H2,1-2H3,(H,16,17). The van der Waals surface area contributed by atoms with Crippen LogP contribution in [0.3, 0.4) is 0 Å². The quantitative estimate of drug-likeness (QED) is 0.868. The van der Waals surface area contributed by atoms with Crippen molar-refractivity contribution in [3.8, 4) is 5.75 Å². The van der Waals surface area contributed by atoms with E-state index in [9.17, 15) is 9.59 Å². The van der Waals surface area contributed by atoms with Gasteiger partial charge in [0.25, 0.3) is 5.91 Å². The largest absolute Gasteiger partial charge is 0.481 e. The van der Waals surface area contributed by atoms with Gasteiger partial charge in [-0.3, -0.25) is 9.59 Å². The number of nitrogens with zero attached hydrogens (tertiary/aromatic N) is 1. The maximum atomic E-state index is 11.9. The van der Waals surface area contributed by atoms with Crippen LogP contribution in [-0.2, 0) is 9.59 Å². The highest BCUT2D eigenvalue weighted by molar-refractivity contribution is 6.30. The van der Waals surface area contributed by atoms with E-state index in [0.29, 0.717) is 10.8 Å². The molecule has 0 aliphatic rings. The van der Waals surface area contributed by atoms with E-state index in [1.807, 2.05) is 0 Å². The van der Waals surface area contributed by atoms with Crippen molar-refractivity contribution in [2.75, 3.05) is 13.6 Å². The summed E-state index contributed by atoms with van der Waals surface area (Å²) in [5, 5.41) is 9.09. The number of halogens is 1. The Morgan fingerprint density at radius 3 is 2.74 bits per heavy atom. The first kappa shape index (κ1) is 15.3. The van der Waals surface area contributed by atoms with Crippen LogP contribution in [0.25, 0.3) is 0 Å². The van der Waals surface area contributed by atoms with E-state index in [-0.39, 0.29) is 18.9 Å². The zero-order valence-corrected chi connectivity index (χ0v) is 11.6. The summed E-state index contributed by atoms with van der Waals surface area (Å²) in [6.45, 7) is 1.76. The molecule has 0 fully saturated rings. The number of hydrogen-bond acceptors (Lipinski definition) is 3. The number of carboxylic acid groups (broad SMARTS) is 1. The minimum atomic E-state index is -0.942. The first-order valence-corrected chi connectivity index (χ1v) is 6.17. The van der Waals surface area contributed by atoms with Gasteiger partial charge in [0.05, 0.1) is 6.42 Å². The molecule has 1 rings (SSSR count). The molecule has 0 aliphatic carbocycles. The lowest BCUT2D eigenvalue weighted by Crippen LogP contribution is -2.38. The van der Waals surface area contributed by atoms with Gasteiger partial charge in [0.15, 0.2) is 6.10 Å². The van der Waals surface area contributed by atoms with E-state index >= 15 is 0 Å². The average Bonchev–Trinajstić information content (AvgIpc) is 2.34. The second kappa shape index (κ2) is 6.99. The first-order valence-electron chi connectivity index (χ1n) is 5.79. The Hall–Kier alpha value is -1.75. The van der Waals surface area contributed by atoms with Gasteiger partial charge in [-0.25, -0.2) is 0 Å². The van der Waals surface area contributed by atoms with E-state index in [1.54, 1.807) is 38.2 Å². The second-order valence-electron chi connectivity index (χ2n) is 4.12. The zero-order valence-electron chi connectivity index (χ0n) is 10.8. The third kappa shape index (κ3) is 5.18. The van der Waals surface area contributed by atoms with Gasteiger partial charge in [-0.05, 0) is 25.1 Å². The molecule has 0 aromatic heterocycles. The lowest BCUT2D eigenvalue weighted by Gasteiger charge is -2.21. The number of carbonyl (C=O) groups excluding carboxylic acids is 1. The fraction of sp³-hybridized carbons (Fsp3) is 0.385. The van der Waals surface area contributed by atoms with Crippen LogP contribution in [0.15, 0.2) is 24.3 Å². The summed E-state index contributed by atoms with van der Waals surface area (Å²) in [6.07, 6.45) is -0.788. The number of benzene rings is 1. The predicted octanol–water partition coefficient (Wildman–Crippen LogP) is 2.04. The third-order valence-electron chi connectivity index (χ3n) is 2.49. The molecule has 1 N–H and O–H groups in total. The van der Waals surface area contributed by atoms with Crippen LogP contribution in [0.1, 0.15) is 13.3 Å². The minimum absolute atomic E-state index is 0.0911. The summed E-state index contributed by atoms with van der Waals surface area (Å²) in [6, 6.07) is 6.75. The fourth-order valence-electron chi connectivity index (χ4n) is 1.48. The molecule has 0 bridgehead atoms. The number of rotatable bonds is 6. The van der Waals surface area contributed by atoms with Crippen LogP contribution in [-0.4, -0.2) is 41.6 Å². The first-order chi connectivity index (χ1) is 8.90. The maximum absolute atomic E-state index is 11.9. The summed E-state index contributed by atoms with van der Waals surface area (Å²) < 4.78 is 5.46. The summed E-state index contributed by atoms with van der Waals surface area (Å²) in [5.41, 5.74) is 0. The van der Waals surface area contributed by atoms with Gasteiger partial charge < -0.3 is 14.7 Å². The van der Waals surface area contributed by atoms with Gasteiger partial charge in [0.2, 0.25) is 0 Å². The fourth-order valence-corrected chi connectivity index (χ4v) is 1.66. The van der Waals surface area contributed by atoms with Gasteiger partial charge in [-0.2, -0.15) is 0 Å².